The summed E-state index contributed by atoms with van der Waals surface area (Å²) in [6.07, 6.45) is 2.73. The molecule has 0 aliphatic heterocycles. The molecule has 0 atom stereocenters. The van der Waals surface area contributed by atoms with Gasteiger partial charge in [0.1, 0.15) is 5.69 Å². The molecule has 0 aliphatic rings. The third-order valence-corrected chi connectivity index (χ3v) is 4.86. The molecule has 2 aromatic rings. The molecule has 24 heavy (non-hydrogen) atoms. The van der Waals surface area contributed by atoms with Crippen molar-refractivity contribution >= 4 is 21.2 Å². The summed E-state index contributed by atoms with van der Waals surface area (Å²) in [5, 5.41) is 14.2. The Bertz CT molecular complexity index is 830. The van der Waals surface area contributed by atoms with Gasteiger partial charge in [-0.05, 0) is 36.1 Å². The number of benzene rings is 2. The van der Waals surface area contributed by atoms with Crippen LogP contribution in [0.15, 0.2) is 47.4 Å². The molecule has 0 amide bonds. The van der Waals surface area contributed by atoms with Gasteiger partial charge < -0.3 is 5.32 Å². The molecule has 0 bridgehead atoms. The topological polar surface area (TPSA) is 89.3 Å². The average Bonchev–Trinajstić information content (AvgIpc) is 2.54. The molecule has 2 aromatic carbocycles. The van der Waals surface area contributed by atoms with E-state index in [-0.39, 0.29) is 10.6 Å². The van der Waals surface area contributed by atoms with Gasteiger partial charge in [0.2, 0.25) is 0 Å². The van der Waals surface area contributed by atoms with E-state index in [1.807, 2.05) is 12.1 Å². The van der Waals surface area contributed by atoms with Crippen LogP contribution in [0, 0.1) is 10.1 Å². The Kier molecular flexibility index (Phi) is 5.56. The number of aryl methyl sites for hydroxylation is 1. The smallest absolute Gasteiger partial charge is 0.293 e. The molecule has 0 spiro atoms. The van der Waals surface area contributed by atoms with E-state index in [0.717, 1.165) is 30.7 Å². The molecule has 0 saturated carbocycles. The molecular formula is C17H20N2O4S. The zero-order valence-electron chi connectivity index (χ0n) is 13.7. The minimum Gasteiger partial charge on any atom is -0.379 e. The fraction of sp³-hybridized carbons (Fsp3) is 0.294. The maximum atomic E-state index is 11.5. The molecule has 0 radical (unpaired) electrons. The van der Waals surface area contributed by atoms with Crippen LogP contribution in [-0.2, 0) is 22.7 Å². The van der Waals surface area contributed by atoms with Gasteiger partial charge in [-0.1, -0.05) is 31.2 Å². The lowest BCUT2D eigenvalue weighted by atomic mass is 10.1. The Morgan fingerprint density at radius 2 is 1.71 bits per heavy atom. The first-order valence-electron chi connectivity index (χ1n) is 7.61. The molecule has 0 fully saturated rings. The van der Waals surface area contributed by atoms with Crippen LogP contribution >= 0.6 is 0 Å². The maximum Gasteiger partial charge on any atom is 0.293 e. The number of hydrogen-bond acceptors (Lipinski definition) is 5. The van der Waals surface area contributed by atoms with Gasteiger partial charge >= 0.3 is 0 Å². The highest BCUT2D eigenvalue weighted by molar-refractivity contribution is 7.90. The summed E-state index contributed by atoms with van der Waals surface area (Å²) >= 11 is 0. The number of nitro groups is 1. The molecule has 0 unspecified atom stereocenters. The highest BCUT2D eigenvalue weighted by Gasteiger charge is 2.18. The summed E-state index contributed by atoms with van der Waals surface area (Å²) in [5.74, 6) is 0. The Balaban J connectivity index is 2.10. The van der Waals surface area contributed by atoms with E-state index in [4.69, 9.17) is 0 Å². The Morgan fingerprint density at radius 3 is 2.25 bits per heavy atom. The van der Waals surface area contributed by atoms with Crippen molar-refractivity contribution in [3.63, 3.8) is 0 Å². The van der Waals surface area contributed by atoms with E-state index >= 15 is 0 Å². The number of hydrogen-bond donors (Lipinski definition) is 1. The molecule has 0 aromatic heterocycles. The Labute approximate surface area is 141 Å². The van der Waals surface area contributed by atoms with E-state index < -0.39 is 14.8 Å². The van der Waals surface area contributed by atoms with Crippen LogP contribution in [0.4, 0.5) is 11.4 Å². The molecule has 0 aliphatic carbocycles. The monoisotopic (exact) mass is 348 g/mol. The van der Waals surface area contributed by atoms with E-state index in [0.29, 0.717) is 12.2 Å². The van der Waals surface area contributed by atoms with Crippen LogP contribution in [-0.4, -0.2) is 26.1 Å². The molecule has 1 N–H and O–H groups in total. The van der Waals surface area contributed by atoms with Gasteiger partial charge in [-0.2, -0.15) is 0 Å². The standard InChI is InChI=1S/C17H20N2O4S/c1-3-13-4-6-14(7-5-13)10-11-18-16-9-8-15(24(2,22)23)12-17(16)19(20)21/h4-9,12,18H,3,10-11H2,1-2H3. The number of nitrogens with zero attached hydrogens (tertiary/aromatic N) is 1. The van der Waals surface area contributed by atoms with Gasteiger partial charge in [-0.15, -0.1) is 0 Å². The quantitative estimate of drug-likeness (QED) is 0.613. The first kappa shape index (κ1) is 17.9. The van der Waals surface area contributed by atoms with Gasteiger partial charge in [-0.3, -0.25) is 10.1 Å². The molecule has 2 rings (SSSR count). The van der Waals surface area contributed by atoms with Crippen molar-refractivity contribution in [1.82, 2.24) is 0 Å². The van der Waals surface area contributed by atoms with Gasteiger partial charge in [0.05, 0.1) is 9.82 Å². The average molecular weight is 348 g/mol. The van der Waals surface area contributed by atoms with Gasteiger partial charge in [0.15, 0.2) is 9.84 Å². The highest BCUT2D eigenvalue weighted by Crippen LogP contribution is 2.27. The summed E-state index contributed by atoms with van der Waals surface area (Å²) < 4.78 is 23.1. The normalized spacial score (nSPS) is 11.2. The van der Waals surface area contributed by atoms with Gasteiger partial charge in [-0.25, -0.2) is 8.42 Å². The lowest BCUT2D eigenvalue weighted by Gasteiger charge is -2.09. The van der Waals surface area contributed by atoms with Crippen molar-refractivity contribution in [2.75, 3.05) is 18.1 Å². The van der Waals surface area contributed by atoms with Crippen LogP contribution in [0.2, 0.25) is 0 Å². The number of rotatable bonds is 7. The van der Waals surface area contributed by atoms with E-state index in [9.17, 15) is 18.5 Å². The third-order valence-electron chi connectivity index (χ3n) is 3.75. The van der Waals surface area contributed by atoms with Crippen LogP contribution in [0.5, 0.6) is 0 Å². The van der Waals surface area contributed by atoms with Crippen LogP contribution in [0.3, 0.4) is 0 Å². The van der Waals surface area contributed by atoms with Crippen LogP contribution in [0.25, 0.3) is 0 Å². The zero-order valence-corrected chi connectivity index (χ0v) is 14.5. The molecule has 6 nitrogen and oxygen atoms in total. The molecule has 0 saturated heterocycles. The van der Waals surface area contributed by atoms with Crippen molar-refractivity contribution < 1.29 is 13.3 Å². The van der Waals surface area contributed by atoms with Crippen LogP contribution < -0.4 is 5.32 Å². The van der Waals surface area contributed by atoms with Crippen molar-refractivity contribution in [3.8, 4) is 0 Å². The van der Waals surface area contributed by atoms with Crippen LogP contribution in [0.1, 0.15) is 18.1 Å². The highest BCUT2D eigenvalue weighted by atomic mass is 32.2. The van der Waals surface area contributed by atoms with E-state index in [1.165, 1.54) is 17.7 Å². The first-order chi connectivity index (χ1) is 11.3. The Morgan fingerprint density at radius 1 is 1.08 bits per heavy atom. The largest absolute Gasteiger partial charge is 0.379 e. The second kappa shape index (κ2) is 7.44. The molecular weight excluding hydrogens is 328 g/mol. The zero-order chi connectivity index (χ0) is 17.7. The van der Waals surface area contributed by atoms with Gasteiger partial charge in [0.25, 0.3) is 5.69 Å². The minimum atomic E-state index is -3.48. The summed E-state index contributed by atoms with van der Waals surface area (Å²) in [4.78, 5) is 10.5. The molecule has 128 valence electrons. The molecule has 7 heteroatoms. The van der Waals surface area contributed by atoms with Crippen molar-refractivity contribution in [2.45, 2.75) is 24.7 Å². The number of sulfone groups is 1. The van der Waals surface area contributed by atoms with Crippen molar-refractivity contribution in [3.05, 3.63) is 63.7 Å². The lowest BCUT2D eigenvalue weighted by Crippen LogP contribution is -2.08. The summed E-state index contributed by atoms with van der Waals surface area (Å²) in [6, 6.07) is 12.1. The maximum absolute atomic E-state index is 11.5. The summed E-state index contributed by atoms with van der Waals surface area (Å²) in [7, 11) is -3.48. The van der Waals surface area contributed by atoms with Crippen molar-refractivity contribution in [1.29, 1.82) is 0 Å². The van der Waals surface area contributed by atoms with E-state index in [1.54, 1.807) is 0 Å². The fourth-order valence-electron chi connectivity index (χ4n) is 2.33. The van der Waals surface area contributed by atoms with Crippen molar-refractivity contribution in [2.24, 2.45) is 0 Å². The number of nitro benzene ring substituents is 1. The SMILES string of the molecule is CCc1ccc(CCNc2ccc(S(C)(=O)=O)cc2[N+](=O)[O-])cc1. The summed E-state index contributed by atoms with van der Waals surface area (Å²) in [6.45, 7) is 2.61. The second-order valence-corrected chi connectivity index (χ2v) is 7.57. The third kappa shape index (κ3) is 4.55. The number of nitrogens with one attached hydrogen (secondary N) is 1. The van der Waals surface area contributed by atoms with E-state index in [2.05, 4.69) is 24.4 Å². The van der Waals surface area contributed by atoms with Gasteiger partial charge in [0, 0.05) is 18.9 Å². The first-order valence-corrected chi connectivity index (χ1v) is 9.50. The fourth-order valence-corrected chi connectivity index (χ4v) is 2.97. The predicted molar refractivity (Wildman–Crippen MR) is 94.2 cm³/mol. The minimum absolute atomic E-state index is 0.0603. The Hall–Kier alpha value is -2.41. The lowest BCUT2D eigenvalue weighted by molar-refractivity contribution is -0.384. The molecule has 0 heterocycles. The number of anilines is 1. The summed E-state index contributed by atoms with van der Waals surface area (Å²) in [5.41, 5.74) is 2.48. The second-order valence-electron chi connectivity index (χ2n) is 5.56. The predicted octanol–water partition coefficient (Wildman–Crippen LogP) is 3.22.